The van der Waals surface area contributed by atoms with Crippen molar-refractivity contribution in [3.05, 3.63) is 85.0 Å². The van der Waals surface area contributed by atoms with Gasteiger partial charge < -0.3 is 0 Å². The minimum atomic E-state index is -0.438. The Kier molecular flexibility index (Phi) is 7.19. The van der Waals surface area contributed by atoms with Gasteiger partial charge in [0.2, 0.25) is 0 Å². The van der Waals surface area contributed by atoms with E-state index < -0.39 is 7.92 Å². The second-order valence-electron chi connectivity index (χ2n) is 9.91. The molecular formula is C27H36P2. The molecule has 0 nitrogen and oxygen atoms in total. The molecule has 2 heteroatoms. The lowest BCUT2D eigenvalue weighted by Crippen LogP contribution is -2.35. The topological polar surface area (TPSA) is 0 Å². The number of allylic oxidation sites excluding steroid dienone is 4. The summed E-state index contributed by atoms with van der Waals surface area (Å²) in [6.07, 6.45) is 10.7. The Balaban J connectivity index is 2.10. The monoisotopic (exact) mass is 422 g/mol. The fraction of sp³-hybridized carbons (Fsp3) is 0.407. The van der Waals surface area contributed by atoms with Gasteiger partial charge in [-0.05, 0) is 35.0 Å². The van der Waals surface area contributed by atoms with Crippen LogP contribution in [-0.4, -0.2) is 22.1 Å². The molecule has 0 spiro atoms. The molecule has 0 heterocycles. The summed E-state index contributed by atoms with van der Waals surface area (Å²) >= 11 is 0. The SMILES string of the molecule is CC(C)(C)P(CC(C1C=CC=C1)P(c1ccccc1)c1ccccc1)C(C)(C)C. The predicted molar refractivity (Wildman–Crippen MR) is 136 cm³/mol. The first-order chi connectivity index (χ1) is 13.7. The van der Waals surface area contributed by atoms with Crippen molar-refractivity contribution in [2.24, 2.45) is 5.92 Å². The molecule has 1 aliphatic carbocycles. The highest BCUT2D eigenvalue weighted by Gasteiger charge is 2.40. The van der Waals surface area contributed by atoms with Gasteiger partial charge in [-0.2, -0.15) is 0 Å². The third-order valence-corrected chi connectivity index (χ3v) is 12.8. The minimum Gasteiger partial charge on any atom is -0.0950 e. The molecule has 0 saturated carbocycles. The Hall–Kier alpha value is -1.22. The van der Waals surface area contributed by atoms with Gasteiger partial charge >= 0.3 is 0 Å². The van der Waals surface area contributed by atoms with E-state index in [1.807, 2.05) is 0 Å². The average molecular weight is 423 g/mol. The minimum absolute atomic E-state index is 0.163. The number of hydrogen-bond donors (Lipinski definition) is 0. The van der Waals surface area contributed by atoms with E-state index in [-0.39, 0.29) is 7.92 Å². The third-order valence-electron chi connectivity index (χ3n) is 5.61. The van der Waals surface area contributed by atoms with Gasteiger partial charge in [0.25, 0.3) is 0 Å². The molecule has 0 aromatic heterocycles. The lowest BCUT2D eigenvalue weighted by molar-refractivity contribution is 0.690. The molecule has 2 aromatic rings. The summed E-state index contributed by atoms with van der Waals surface area (Å²) in [6.45, 7) is 14.7. The van der Waals surface area contributed by atoms with E-state index in [4.69, 9.17) is 0 Å². The smallest absolute Gasteiger partial charge is 0.00298 e. The molecule has 0 saturated heterocycles. The van der Waals surface area contributed by atoms with E-state index in [9.17, 15) is 0 Å². The maximum absolute atomic E-state index is 2.45. The van der Waals surface area contributed by atoms with E-state index in [0.717, 1.165) is 0 Å². The number of hydrogen-bond acceptors (Lipinski definition) is 0. The second kappa shape index (κ2) is 9.29. The summed E-state index contributed by atoms with van der Waals surface area (Å²) in [5.74, 6) is 0.524. The molecule has 0 radical (unpaired) electrons. The maximum Gasteiger partial charge on any atom is 0.00298 e. The van der Waals surface area contributed by atoms with Crippen LogP contribution in [-0.2, 0) is 0 Å². The van der Waals surface area contributed by atoms with Crippen LogP contribution >= 0.6 is 15.8 Å². The van der Waals surface area contributed by atoms with Crippen molar-refractivity contribution >= 4 is 26.5 Å². The summed E-state index contributed by atoms with van der Waals surface area (Å²) in [7, 11) is -0.601. The average Bonchev–Trinajstić information content (AvgIpc) is 3.19. The zero-order valence-corrected chi connectivity index (χ0v) is 20.6. The van der Waals surface area contributed by atoms with Crippen LogP contribution in [0.2, 0.25) is 0 Å². The summed E-state index contributed by atoms with van der Waals surface area (Å²) < 4.78 is 0. The van der Waals surface area contributed by atoms with Crippen molar-refractivity contribution in [1.82, 2.24) is 0 Å². The molecule has 29 heavy (non-hydrogen) atoms. The highest BCUT2D eigenvalue weighted by atomic mass is 31.1. The Morgan fingerprint density at radius 3 is 1.48 bits per heavy atom. The van der Waals surface area contributed by atoms with Crippen molar-refractivity contribution in [2.45, 2.75) is 57.5 Å². The molecule has 1 atom stereocenters. The Bertz CT molecular complexity index is 757. The molecule has 0 N–H and O–H groups in total. The predicted octanol–water partition coefficient (Wildman–Crippen LogP) is 7.31. The van der Waals surface area contributed by atoms with Crippen LogP contribution in [0.5, 0.6) is 0 Å². The second-order valence-corrected chi connectivity index (χ2v) is 16.2. The molecule has 1 aliphatic rings. The van der Waals surface area contributed by atoms with Crippen LogP contribution in [0.1, 0.15) is 41.5 Å². The largest absolute Gasteiger partial charge is 0.0950 e. The van der Waals surface area contributed by atoms with Gasteiger partial charge in [0, 0.05) is 11.6 Å². The van der Waals surface area contributed by atoms with Crippen LogP contribution in [0.25, 0.3) is 0 Å². The lowest BCUT2D eigenvalue weighted by atomic mass is 10.1. The van der Waals surface area contributed by atoms with Gasteiger partial charge in [0.1, 0.15) is 0 Å². The number of rotatable bonds is 6. The number of benzene rings is 2. The van der Waals surface area contributed by atoms with E-state index in [2.05, 4.69) is 127 Å². The molecule has 1 unspecified atom stereocenters. The quantitative estimate of drug-likeness (QED) is 0.428. The van der Waals surface area contributed by atoms with E-state index >= 15 is 0 Å². The zero-order chi connectivity index (χ0) is 21.1. The first-order valence-electron chi connectivity index (χ1n) is 10.7. The van der Waals surface area contributed by atoms with Gasteiger partial charge in [-0.3, -0.25) is 0 Å². The van der Waals surface area contributed by atoms with Gasteiger partial charge in [-0.15, -0.1) is 0 Å². The van der Waals surface area contributed by atoms with Crippen molar-refractivity contribution in [3.63, 3.8) is 0 Å². The first kappa shape index (κ1) is 22.5. The van der Waals surface area contributed by atoms with Crippen LogP contribution in [0.4, 0.5) is 0 Å². The van der Waals surface area contributed by atoms with Crippen LogP contribution in [0.15, 0.2) is 85.0 Å². The summed E-state index contributed by atoms with van der Waals surface area (Å²) in [4.78, 5) is 0. The van der Waals surface area contributed by atoms with Crippen LogP contribution < -0.4 is 10.6 Å². The molecular weight excluding hydrogens is 386 g/mol. The van der Waals surface area contributed by atoms with Crippen LogP contribution in [0, 0.1) is 5.92 Å². The molecule has 0 bridgehead atoms. The van der Waals surface area contributed by atoms with Crippen molar-refractivity contribution < 1.29 is 0 Å². The third kappa shape index (κ3) is 5.69. The summed E-state index contributed by atoms with van der Waals surface area (Å²) in [5.41, 5.74) is 0.620. The highest BCUT2D eigenvalue weighted by molar-refractivity contribution is 7.74. The molecule has 0 fully saturated rings. The summed E-state index contributed by atoms with van der Waals surface area (Å²) in [5, 5.41) is 3.69. The first-order valence-corrected chi connectivity index (χ1v) is 13.6. The standard InChI is InChI=1S/C27H36P2/c1-26(2,3)28(27(4,5)6)21-25(22-15-13-14-16-22)29(23-17-9-7-10-18-23)24-19-11-8-12-20-24/h7-20,22,25H,21H2,1-6H3. The van der Waals surface area contributed by atoms with Gasteiger partial charge in [0.05, 0.1) is 0 Å². The van der Waals surface area contributed by atoms with Gasteiger partial charge in [-0.25, -0.2) is 0 Å². The fourth-order valence-electron chi connectivity index (χ4n) is 4.53. The van der Waals surface area contributed by atoms with Crippen LogP contribution in [0.3, 0.4) is 0 Å². The Morgan fingerprint density at radius 2 is 1.10 bits per heavy atom. The van der Waals surface area contributed by atoms with Crippen molar-refractivity contribution in [1.29, 1.82) is 0 Å². The molecule has 3 rings (SSSR count). The maximum atomic E-state index is 2.45. The molecule has 0 aliphatic heterocycles. The Labute approximate surface area is 181 Å². The van der Waals surface area contributed by atoms with Gasteiger partial charge in [-0.1, -0.05) is 134 Å². The summed E-state index contributed by atoms with van der Waals surface area (Å²) in [6, 6.07) is 22.5. The Morgan fingerprint density at radius 1 is 0.690 bits per heavy atom. The van der Waals surface area contributed by atoms with E-state index in [0.29, 0.717) is 21.9 Å². The molecule has 0 amide bonds. The van der Waals surface area contributed by atoms with Crippen molar-refractivity contribution in [2.75, 3.05) is 6.16 Å². The van der Waals surface area contributed by atoms with E-state index in [1.165, 1.54) is 16.8 Å². The fourth-order valence-corrected chi connectivity index (χ4v) is 12.0. The highest BCUT2D eigenvalue weighted by Crippen LogP contribution is 2.63. The van der Waals surface area contributed by atoms with Gasteiger partial charge in [0.15, 0.2) is 0 Å². The zero-order valence-electron chi connectivity index (χ0n) is 18.8. The molecule has 154 valence electrons. The van der Waals surface area contributed by atoms with E-state index in [1.54, 1.807) is 0 Å². The lowest BCUT2D eigenvalue weighted by Gasteiger charge is -2.45. The normalized spacial score (nSPS) is 16.1. The van der Waals surface area contributed by atoms with Crippen molar-refractivity contribution in [3.8, 4) is 0 Å². The molecule has 2 aromatic carbocycles.